The van der Waals surface area contributed by atoms with Crippen LogP contribution in [0, 0.1) is 0 Å². The van der Waals surface area contributed by atoms with Gasteiger partial charge in [-0.2, -0.15) is 13.2 Å². The van der Waals surface area contributed by atoms with Crippen molar-refractivity contribution in [3.63, 3.8) is 0 Å². The minimum Gasteiger partial charge on any atom is -0.351 e. The molecule has 0 saturated carbocycles. The lowest BCUT2D eigenvalue weighted by atomic mass is 10.1. The van der Waals surface area contributed by atoms with Crippen molar-refractivity contribution in [2.24, 2.45) is 5.73 Å². The van der Waals surface area contributed by atoms with Crippen molar-refractivity contribution in [3.05, 3.63) is 35.4 Å². The van der Waals surface area contributed by atoms with Crippen LogP contribution in [0.3, 0.4) is 0 Å². The van der Waals surface area contributed by atoms with Crippen LogP contribution in [-0.2, 0) is 17.5 Å². The van der Waals surface area contributed by atoms with Crippen LogP contribution >= 0.6 is 0 Å². The van der Waals surface area contributed by atoms with Crippen LogP contribution in [0.5, 0.6) is 0 Å². The number of halogens is 3. The Labute approximate surface area is 110 Å². The Bertz CT molecular complexity index is 415. The van der Waals surface area contributed by atoms with Gasteiger partial charge in [0.1, 0.15) is 0 Å². The van der Waals surface area contributed by atoms with Gasteiger partial charge >= 0.3 is 6.18 Å². The summed E-state index contributed by atoms with van der Waals surface area (Å²) in [5.41, 5.74) is 5.51. The second-order valence-corrected chi connectivity index (χ2v) is 4.31. The fraction of sp³-hybridized carbons (Fsp3) is 0.462. The van der Waals surface area contributed by atoms with Crippen molar-refractivity contribution in [2.45, 2.75) is 38.5 Å². The van der Waals surface area contributed by atoms with Gasteiger partial charge < -0.3 is 11.1 Å². The maximum absolute atomic E-state index is 12.3. The van der Waals surface area contributed by atoms with Crippen molar-refractivity contribution in [3.8, 4) is 0 Å². The number of alkyl halides is 3. The van der Waals surface area contributed by atoms with Crippen molar-refractivity contribution < 1.29 is 18.0 Å². The zero-order valence-electron chi connectivity index (χ0n) is 10.6. The Kier molecular flexibility index (Phi) is 5.35. The van der Waals surface area contributed by atoms with E-state index in [1.165, 1.54) is 12.1 Å². The number of benzene rings is 1. The van der Waals surface area contributed by atoms with Crippen molar-refractivity contribution in [1.29, 1.82) is 0 Å². The van der Waals surface area contributed by atoms with Gasteiger partial charge in [-0.1, -0.05) is 25.5 Å². The predicted octanol–water partition coefficient (Wildman–Crippen LogP) is 2.45. The molecule has 1 aromatic rings. The number of amides is 1. The molecule has 1 unspecified atom stereocenters. The van der Waals surface area contributed by atoms with E-state index >= 15 is 0 Å². The highest BCUT2D eigenvalue weighted by Gasteiger charge is 2.29. The first-order valence-corrected chi connectivity index (χ1v) is 6.04. The molecular formula is C13H17F3N2O. The highest BCUT2D eigenvalue weighted by Crippen LogP contribution is 2.28. The monoisotopic (exact) mass is 274 g/mol. The first kappa shape index (κ1) is 15.5. The minimum absolute atomic E-state index is 0.175. The van der Waals surface area contributed by atoms with E-state index in [0.717, 1.165) is 18.6 Å². The Morgan fingerprint density at radius 1 is 1.32 bits per heavy atom. The summed E-state index contributed by atoms with van der Waals surface area (Å²) >= 11 is 0. The summed E-state index contributed by atoms with van der Waals surface area (Å²) in [6, 6.07) is 4.10. The van der Waals surface area contributed by atoms with E-state index in [-0.39, 0.29) is 12.5 Å². The summed E-state index contributed by atoms with van der Waals surface area (Å²) in [6.07, 6.45) is -2.96. The Morgan fingerprint density at radius 2 is 1.89 bits per heavy atom. The molecule has 106 valence electrons. The lowest BCUT2D eigenvalue weighted by molar-refractivity contribution is -0.137. The van der Waals surface area contributed by atoms with Gasteiger partial charge in [0.2, 0.25) is 5.91 Å². The molecule has 0 saturated heterocycles. The standard InChI is InChI=1S/C13H17F3N2O/c1-2-3-11(17)12(19)18-8-9-4-6-10(7-5-9)13(14,15)16/h4-7,11H,2-3,8,17H2,1H3,(H,18,19). The van der Waals surface area contributed by atoms with Gasteiger partial charge in [0, 0.05) is 6.54 Å². The van der Waals surface area contributed by atoms with E-state index in [1.54, 1.807) is 0 Å². The van der Waals surface area contributed by atoms with Crippen LogP contribution in [0.25, 0.3) is 0 Å². The van der Waals surface area contributed by atoms with Gasteiger partial charge in [0.05, 0.1) is 11.6 Å². The summed E-state index contributed by atoms with van der Waals surface area (Å²) in [6.45, 7) is 2.09. The molecule has 0 aromatic heterocycles. The van der Waals surface area contributed by atoms with E-state index < -0.39 is 17.8 Å². The highest BCUT2D eigenvalue weighted by atomic mass is 19.4. The van der Waals surface area contributed by atoms with Crippen LogP contribution < -0.4 is 11.1 Å². The van der Waals surface area contributed by atoms with Gasteiger partial charge in [-0.25, -0.2) is 0 Å². The SMILES string of the molecule is CCCC(N)C(=O)NCc1ccc(C(F)(F)F)cc1. The Morgan fingerprint density at radius 3 is 2.37 bits per heavy atom. The number of nitrogens with two attached hydrogens (primary N) is 1. The van der Waals surface area contributed by atoms with Crippen molar-refractivity contribution in [2.75, 3.05) is 0 Å². The molecule has 0 aliphatic carbocycles. The third-order valence-corrected chi connectivity index (χ3v) is 2.68. The molecule has 0 heterocycles. The molecule has 0 fully saturated rings. The molecule has 1 amide bonds. The largest absolute Gasteiger partial charge is 0.416 e. The smallest absolute Gasteiger partial charge is 0.351 e. The maximum Gasteiger partial charge on any atom is 0.416 e. The Balaban J connectivity index is 2.53. The molecule has 1 aromatic carbocycles. The third kappa shape index (κ3) is 4.90. The average molecular weight is 274 g/mol. The minimum atomic E-state index is -4.34. The summed E-state index contributed by atoms with van der Waals surface area (Å²) < 4.78 is 37.0. The fourth-order valence-electron chi connectivity index (χ4n) is 1.57. The lowest BCUT2D eigenvalue weighted by Gasteiger charge is -2.12. The van der Waals surface area contributed by atoms with Gasteiger partial charge in [-0.15, -0.1) is 0 Å². The summed E-state index contributed by atoms with van der Waals surface area (Å²) in [5, 5.41) is 2.60. The van der Waals surface area contributed by atoms with Crippen LogP contribution in [0.15, 0.2) is 24.3 Å². The van der Waals surface area contributed by atoms with Gasteiger partial charge in [-0.3, -0.25) is 4.79 Å². The second kappa shape index (κ2) is 6.56. The maximum atomic E-state index is 12.3. The first-order chi connectivity index (χ1) is 8.84. The normalized spacial score (nSPS) is 13.1. The molecule has 0 bridgehead atoms. The Hall–Kier alpha value is -1.56. The molecule has 0 spiro atoms. The topological polar surface area (TPSA) is 55.1 Å². The van der Waals surface area contributed by atoms with Crippen LogP contribution in [-0.4, -0.2) is 11.9 Å². The summed E-state index contributed by atoms with van der Waals surface area (Å²) in [4.78, 5) is 11.5. The quantitative estimate of drug-likeness (QED) is 0.866. The molecule has 1 atom stereocenters. The lowest BCUT2D eigenvalue weighted by Crippen LogP contribution is -2.40. The fourth-order valence-corrected chi connectivity index (χ4v) is 1.57. The molecule has 0 aliphatic heterocycles. The van der Waals surface area contributed by atoms with Crippen molar-refractivity contribution >= 4 is 5.91 Å². The van der Waals surface area contributed by atoms with E-state index in [4.69, 9.17) is 5.73 Å². The molecule has 6 heteroatoms. The van der Waals surface area contributed by atoms with Gasteiger partial charge in [-0.05, 0) is 24.1 Å². The average Bonchev–Trinajstić information content (AvgIpc) is 2.35. The van der Waals surface area contributed by atoms with E-state index in [2.05, 4.69) is 5.32 Å². The predicted molar refractivity (Wildman–Crippen MR) is 66.2 cm³/mol. The molecule has 3 N–H and O–H groups in total. The third-order valence-electron chi connectivity index (χ3n) is 2.68. The number of hydrogen-bond acceptors (Lipinski definition) is 2. The second-order valence-electron chi connectivity index (χ2n) is 4.31. The van der Waals surface area contributed by atoms with E-state index in [0.29, 0.717) is 12.0 Å². The molecule has 0 radical (unpaired) electrons. The molecule has 3 nitrogen and oxygen atoms in total. The number of carbonyl (C=O) groups is 1. The molecular weight excluding hydrogens is 257 g/mol. The van der Waals surface area contributed by atoms with Crippen molar-refractivity contribution in [1.82, 2.24) is 5.32 Å². The first-order valence-electron chi connectivity index (χ1n) is 6.04. The number of hydrogen-bond donors (Lipinski definition) is 2. The number of carbonyl (C=O) groups excluding carboxylic acids is 1. The number of nitrogens with one attached hydrogen (secondary N) is 1. The van der Waals surface area contributed by atoms with E-state index in [9.17, 15) is 18.0 Å². The van der Waals surface area contributed by atoms with E-state index in [1.807, 2.05) is 6.92 Å². The van der Waals surface area contributed by atoms with Gasteiger partial charge in [0.25, 0.3) is 0 Å². The summed E-state index contributed by atoms with van der Waals surface area (Å²) in [7, 11) is 0. The van der Waals surface area contributed by atoms with Crippen LogP contribution in [0.1, 0.15) is 30.9 Å². The number of rotatable bonds is 5. The zero-order valence-corrected chi connectivity index (χ0v) is 10.6. The highest BCUT2D eigenvalue weighted by molar-refractivity contribution is 5.81. The van der Waals surface area contributed by atoms with Gasteiger partial charge in [0.15, 0.2) is 0 Å². The molecule has 0 aliphatic rings. The molecule has 19 heavy (non-hydrogen) atoms. The van der Waals surface area contributed by atoms with Crippen LogP contribution in [0.2, 0.25) is 0 Å². The zero-order chi connectivity index (χ0) is 14.5. The van der Waals surface area contributed by atoms with Crippen LogP contribution in [0.4, 0.5) is 13.2 Å². The summed E-state index contributed by atoms with van der Waals surface area (Å²) in [5.74, 6) is -0.290. The molecule has 1 rings (SSSR count).